The minimum atomic E-state index is 0.0706. The van der Waals surface area contributed by atoms with Gasteiger partial charge in [-0.2, -0.15) is 0 Å². The van der Waals surface area contributed by atoms with Gasteiger partial charge in [-0.25, -0.2) is 4.98 Å². The summed E-state index contributed by atoms with van der Waals surface area (Å²) in [6.07, 6.45) is 4.49. The summed E-state index contributed by atoms with van der Waals surface area (Å²) in [5.41, 5.74) is 7.62. The topological polar surface area (TPSA) is 42.2 Å². The predicted molar refractivity (Wildman–Crippen MR) is 68.5 cm³/mol. The van der Waals surface area contributed by atoms with Gasteiger partial charge in [-0.15, -0.1) is 0 Å². The van der Waals surface area contributed by atoms with E-state index in [1.54, 1.807) is 0 Å². The van der Waals surface area contributed by atoms with Crippen LogP contribution in [0.1, 0.15) is 18.4 Å². The molecule has 0 unspecified atom stereocenters. The molecule has 1 aromatic heterocycles. The first kappa shape index (κ1) is 10.5. The van der Waals surface area contributed by atoms with E-state index in [1.165, 1.54) is 18.4 Å². The van der Waals surface area contributed by atoms with Gasteiger partial charge in [0.15, 0.2) is 0 Å². The molecule has 3 rings (SSSR count). The molecule has 0 radical (unpaired) electrons. The smallest absolute Gasteiger partial charge is 0.131 e. The van der Waals surface area contributed by atoms with E-state index in [4.69, 9.17) is 5.73 Å². The predicted octanol–water partition coefficient (Wildman–Crippen LogP) is 2.08. The number of rotatable bonds is 2. The maximum absolute atomic E-state index is 6.34. The summed E-state index contributed by atoms with van der Waals surface area (Å²) in [5, 5.41) is 0. The molecule has 0 aromatic carbocycles. The van der Waals surface area contributed by atoms with E-state index in [-0.39, 0.29) is 5.54 Å². The number of halogens is 1. The van der Waals surface area contributed by atoms with Crippen molar-refractivity contribution >= 4 is 21.7 Å². The van der Waals surface area contributed by atoms with Crippen LogP contribution in [0.3, 0.4) is 0 Å². The molecule has 16 heavy (non-hydrogen) atoms. The molecule has 2 fully saturated rings. The number of hydrogen-bond donors (Lipinski definition) is 1. The highest BCUT2D eigenvalue weighted by molar-refractivity contribution is 9.10. The Bertz CT molecular complexity index is 422. The Morgan fingerprint density at radius 1 is 1.50 bits per heavy atom. The third-order valence-electron chi connectivity index (χ3n) is 3.68. The van der Waals surface area contributed by atoms with Crippen molar-refractivity contribution in [3.05, 3.63) is 22.3 Å². The number of hydrogen-bond acceptors (Lipinski definition) is 3. The lowest BCUT2D eigenvalue weighted by atomic mass is 9.85. The lowest BCUT2D eigenvalue weighted by molar-refractivity contribution is 0.289. The molecule has 0 atom stereocenters. The van der Waals surface area contributed by atoms with Gasteiger partial charge in [0, 0.05) is 23.8 Å². The summed E-state index contributed by atoms with van der Waals surface area (Å²) in [7, 11) is 0. The Hall–Kier alpha value is -0.610. The highest BCUT2D eigenvalue weighted by Crippen LogP contribution is 2.44. The van der Waals surface area contributed by atoms with Gasteiger partial charge in [0.2, 0.25) is 0 Å². The van der Waals surface area contributed by atoms with Crippen LogP contribution in [-0.2, 0) is 0 Å². The highest BCUT2D eigenvalue weighted by atomic mass is 79.9. The molecule has 0 bridgehead atoms. The molecule has 2 aliphatic rings. The summed E-state index contributed by atoms with van der Waals surface area (Å²) in [6.45, 7) is 4.03. The number of nitrogens with zero attached hydrogens (tertiary/aromatic N) is 2. The van der Waals surface area contributed by atoms with Crippen molar-refractivity contribution in [1.82, 2.24) is 4.98 Å². The SMILES string of the molecule is Cc1cc(Br)cnc1N1CC(N)(C2CC2)C1. The monoisotopic (exact) mass is 281 g/mol. The molecule has 1 aliphatic carbocycles. The van der Waals surface area contributed by atoms with Gasteiger partial charge in [-0.1, -0.05) is 0 Å². The Kier molecular flexibility index (Phi) is 2.27. The van der Waals surface area contributed by atoms with Gasteiger partial charge in [-0.05, 0) is 53.2 Å². The average Bonchev–Trinajstić information content (AvgIpc) is 2.97. The quantitative estimate of drug-likeness (QED) is 0.903. The molecule has 4 heteroatoms. The van der Waals surface area contributed by atoms with E-state index in [1.807, 2.05) is 6.20 Å². The van der Waals surface area contributed by atoms with Gasteiger partial charge >= 0.3 is 0 Å². The average molecular weight is 282 g/mol. The molecular weight excluding hydrogens is 266 g/mol. The largest absolute Gasteiger partial charge is 0.353 e. The van der Waals surface area contributed by atoms with E-state index in [9.17, 15) is 0 Å². The molecule has 86 valence electrons. The number of nitrogens with two attached hydrogens (primary N) is 1. The van der Waals surface area contributed by atoms with Crippen LogP contribution >= 0.6 is 15.9 Å². The third-order valence-corrected chi connectivity index (χ3v) is 4.11. The van der Waals surface area contributed by atoms with E-state index in [0.29, 0.717) is 0 Å². The molecule has 0 spiro atoms. The standard InChI is InChI=1S/C12H16BrN3/c1-8-4-10(13)5-15-11(8)16-6-12(14,7-16)9-2-3-9/h4-5,9H,2-3,6-7,14H2,1H3. The second-order valence-electron chi connectivity index (χ2n) is 5.16. The van der Waals surface area contributed by atoms with Crippen LogP contribution < -0.4 is 10.6 Å². The van der Waals surface area contributed by atoms with Gasteiger partial charge in [0.25, 0.3) is 0 Å². The Balaban J connectivity index is 1.75. The minimum Gasteiger partial charge on any atom is -0.353 e. The van der Waals surface area contributed by atoms with Crippen molar-refractivity contribution in [3.63, 3.8) is 0 Å². The molecular formula is C12H16BrN3. The van der Waals surface area contributed by atoms with E-state index >= 15 is 0 Å². The molecule has 1 aromatic rings. The van der Waals surface area contributed by atoms with Crippen LogP contribution in [0.4, 0.5) is 5.82 Å². The van der Waals surface area contributed by atoms with Crippen molar-refractivity contribution in [3.8, 4) is 0 Å². The summed E-state index contributed by atoms with van der Waals surface area (Å²) >= 11 is 3.44. The zero-order valence-corrected chi connectivity index (χ0v) is 11.0. The first-order valence-corrected chi connectivity index (χ1v) is 6.54. The second-order valence-corrected chi connectivity index (χ2v) is 6.07. The van der Waals surface area contributed by atoms with E-state index < -0.39 is 0 Å². The molecule has 1 saturated carbocycles. The van der Waals surface area contributed by atoms with Gasteiger partial charge < -0.3 is 10.6 Å². The first-order chi connectivity index (χ1) is 7.58. The number of anilines is 1. The fourth-order valence-electron chi connectivity index (χ4n) is 2.59. The van der Waals surface area contributed by atoms with Crippen LogP contribution in [0, 0.1) is 12.8 Å². The van der Waals surface area contributed by atoms with Crippen LogP contribution in [-0.4, -0.2) is 23.6 Å². The van der Waals surface area contributed by atoms with E-state index in [0.717, 1.165) is 29.3 Å². The lowest BCUT2D eigenvalue weighted by Gasteiger charge is -2.49. The van der Waals surface area contributed by atoms with Crippen molar-refractivity contribution in [2.45, 2.75) is 25.3 Å². The molecule has 0 amide bonds. The maximum Gasteiger partial charge on any atom is 0.131 e. The molecule has 2 N–H and O–H groups in total. The Morgan fingerprint density at radius 3 is 2.75 bits per heavy atom. The molecule has 2 heterocycles. The summed E-state index contributed by atoms with van der Waals surface area (Å²) in [4.78, 5) is 6.76. The normalized spacial score (nSPS) is 23.1. The van der Waals surface area contributed by atoms with Crippen molar-refractivity contribution < 1.29 is 0 Å². The van der Waals surface area contributed by atoms with Crippen molar-refractivity contribution in [1.29, 1.82) is 0 Å². The highest BCUT2D eigenvalue weighted by Gasteiger charge is 2.50. The first-order valence-electron chi connectivity index (χ1n) is 5.74. The summed E-state index contributed by atoms with van der Waals surface area (Å²) in [5.74, 6) is 1.85. The lowest BCUT2D eigenvalue weighted by Crippen LogP contribution is -2.69. The van der Waals surface area contributed by atoms with Crippen LogP contribution in [0.2, 0.25) is 0 Å². The Morgan fingerprint density at radius 2 is 2.19 bits per heavy atom. The Labute approximate surface area is 104 Å². The van der Waals surface area contributed by atoms with Gasteiger partial charge in [0.1, 0.15) is 5.82 Å². The van der Waals surface area contributed by atoms with Crippen molar-refractivity contribution in [2.24, 2.45) is 11.7 Å². The zero-order chi connectivity index (χ0) is 11.3. The number of aromatic nitrogens is 1. The van der Waals surface area contributed by atoms with Crippen LogP contribution in [0.5, 0.6) is 0 Å². The zero-order valence-electron chi connectivity index (χ0n) is 9.41. The summed E-state index contributed by atoms with van der Waals surface area (Å²) < 4.78 is 1.04. The number of aryl methyl sites for hydroxylation is 1. The third kappa shape index (κ3) is 1.64. The molecule has 3 nitrogen and oxygen atoms in total. The summed E-state index contributed by atoms with van der Waals surface area (Å²) in [6, 6.07) is 2.11. The van der Waals surface area contributed by atoms with Crippen molar-refractivity contribution in [2.75, 3.05) is 18.0 Å². The maximum atomic E-state index is 6.34. The number of pyridine rings is 1. The molecule has 1 saturated heterocycles. The van der Waals surface area contributed by atoms with Gasteiger partial charge in [-0.3, -0.25) is 0 Å². The van der Waals surface area contributed by atoms with Crippen LogP contribution in [0.15, 0.2) is 16.7 Å². The fourth-order valence-corrected chi connectivity index (χ4v) is 3.04. The van der Waals surface area contributed by atoms with E-state index in [2.05, 4.69) is 38.8 Å². The van der Waals surface area contributed by atoms with Crippen LogP contribution in [0.25, 0.3) is 0 Å². The van der Waals surface area contributed by atoms with Gasteiger partial charge in [0.05, 0.1) is 5.54 Å². The second kappa shape index (κ2) is 3.44. The minimum absolute atomic E-state index is 0.0706. The fraction of sp³-hybridized carbons (Fsp3) is 0.583. The molecule has 1 aliphatic heterocycles.